The maximum atomic E-state index is 5.78. The molecule has 1 aromatic heterocycles. The van der Waals surface area contributed by atoms with E-state index in [1.807, 2.05) is 22.8 Å². The minimum absolute atomic E-state index is 0.318. The molecule has 0 saturated carbocycles. The fourth-order valence-electron chi connectivity index (χ4n) is 1.53. The molecule has 2 N–H and O–H groups in total. The van der Waals surface area contributed by atoms with Crippen LogP contribution >= 0.6 is 15.9 Å². The van der Waals surface area contributed by atoms with Crippen LogP contribution in [0.1, 0.15) is 19.9 Å². The normalized spacial score (nSPS) is 11.0. The molecule has 16 heavy (non-hydrogen) atoms. The second-order valence-corrected chi connectivity index (χ2v) is 4.75. The quantitative estimate of drug-likeness (QED) is 0.861. The van der Waals surface area contributed by atoms with E-state index < -0.39 is 0 Å². The number of nitrogen functional groups attached to an aromatic ring is 1. The lowest BCUT2D eigenvalue weighted by Gasteiger charge is -2.11. The van der Waals surface area contributed by atoms with Crippen LogP contribution in [0.2, 0.25) is 0 Å². The van der Waals surface area contributed by atoms with E-state index >= 15 is 0 Å². The number of nitrogens with zero attached hydrogens (tertiary/aromatic N) is 3. The van der Waals surface area contributed by atoms with Gasteiger partial charge in [-0.3, -0.25) is 0 Å². The molecule has 2 aromatic rings. The average molecular weight is 281 g/mol. The summed E-state index contributed by atoms with van der Waals surface area (Å²) in [6, 6.07) is 5.99. The molecule has 84 valence electrons. The molecule has 0 radical (unpaired) electrons. The second kappa shape index (κ2) is 4.25. The molecule has 0 atom stereocenters. The first-order valence-corrected chi connectivity index (χ1v) is 5.84. The molecule has 4 nitrogen and oxygen atoms in total. The number of rotatable bonds is 2. The Morgan fingerprint density at radius 3 is 2.81 bits per heavy atom. The van der Waals surface area contributed by atoms with E-state index in [1.54, 1.807) is 6.33 Å². The van der Waals surface area contributed by atoms with Gasteiger partial charge in [0.05, 0.1) is 0 Å². The minimum atomic E-state index is 0.318. The molecular weight excluding hydrogens is 268 g/mol. The van der Waals surface area contributed by atoms with Gasteiger partial charge in [0.1, 0.15) is 6.33 Å². The van der Waals surface area contributed by atoms with Crippen LogP contribution < -0.4 is 5.73 Å². The highest BCUT2D eigenvalue weighted by Crippen LogP contribution is 2.29. The van der Waals surface area contributed by atoms with E-state index in [0.717, 1.165) is 21.5 Å². The van der Waals surface area contributed by atoms with E-state index in [1.165, 1.54) is 0 Å². The summed E-state index contributed by atoms with van der Waals surface area (Å²) in [6.45, 7) is 4.18. The number of nitrogens with two attached hydrogens (primary N) is 1. The van der Waals surface area contributed by atoms with Crippen LogP contribution in [0, 0.1) is 0 Å². The Morgan fingerprint density at radius 2 is 2.12 bits per heavy atom. The zero-order chi connectivity index (χ0) is 11.7. The number of anilines is 1. The lowest BCUT2D eigenvalue weighted by molar-refractivity contribution is 0.604. The van der Waals surface area contributed by atoms with Crippen LogP contribution in [0.3, 0.4) is 0 Å². The van der Waals surface area contributed by atoms with Gasteiger partial charge in [0.25, 0.3) is 0 Å². The largest absolute Gasteiger partial charge is 0.399 e. The molecule has 0 aliphatic carbocycles. The second-order valence-electron chi connectivity index (χ2n) is 3.89. The standard InChI is InChI=1S/C11H13BrN4/c1-7(2)16-6-14-15-11(16)9-5-8(13)3-4-10(9)12/h3-7H,13H2,1-2H3. The number of hydrogen-bond acceptors (Lipinski definition) is 3. The summed E-state index contributed by atoms with van der Waals surface area (Å²) in [5.41, 5.74) is 7.46. The third kappa shape index (κ3) is 1.95. The number of benzene rings is 1. The van der Waals surface area contributed by atoms with Crippen LogP contribution in [-0.4, -0.2) is 14.8 Å². The van der Waals surface area contributed by atoms with Crippen molar-refractivity contribution in [1.29, 1.82) is 0 Å². The lowest BCUT2D eigenvalue weighted by Crippen LogP contribution is -2.02. The van der Waals surface area contributed by atoms with Gasteiger partial charge in [-0.15, -0.1) is 10.2 Å². The maximum absolute atomic E-state index is 5.78. The van der Waals surface area contributed by atoms with Crippen molar-refractivity contribution in [2.75, 3.05) is 5.73 Å². The number of aromatic nitrogens is 3. The van der Waals surface area contributed by atoms with Crippen LogP contribution in [0.15, 0.2) is 29.0 Å². The van der Waals surface area contributed by atoms with Gasteiger partial charge in [-0.25, -0.2) is 0 Å². The zero-order valence-corrected chi connectivity index (χ0v) is 10.8. The number of hydrogen-bond donors (Lipinski definition) is 1. The summed E-state index contributed by atoms with van der Waals surface area (Å²) < 4.78 is 2.98. The van der Waals surface area contributed by atoms with E-state index in [2.05, 4.69) is 40.0 Å². The Labute approximate surface area is 103 Å². The summed E-state index contributed by atoms with van der Waals surface area (Å²) in [6.07, 6.45) is 1.73. The Balaban J connectivity index is 2.58. The Morgan fingerprint density at radius 1 is 1.38 bits per heavy atom. The van der Waals surface area contributed by atoms with Crippen molar-refractivity contribution in [1.82, 2.24) is 14.8 Å². The summed E-state index contributed by atoms with van der Waals surface area (Å²) in [5, 5.41) is 8.08. The Bertz CT molecular complexity index is 504. The fraction of sp³-hybridized carbons (Fsp3) is 0.273. The summed E-state index contributed by atoms with van der Waals surface area (Å²) in [7, 11) is 0. The fourth-order valence-corrected chi connectivity index (χ4v) is 1.95. The summed E-state index contributed by atoms with van der Waals surface area (Å²) in [4.78, 5) is 0. The molecule has 0 unspecified atom stereocenters. The van der Waals surface area contributed by atoms with Gasteiger partial charge in [0.2, 0.25) is 0 Å². The van der Waals surface area contributed by atoms with E-state index in [0.29, 0.717) is 6.04 Å². The summed E-state index contributed by atoms with van der Waals surface area (Å²) >= 11 is 3.50. The van der Waals surface area contributed by atoms with Crippen LogP contribution in [0.5, 0.6) is 0 Å². The van der Waals surface area contributed by atoms with Gasteiger partial charge in [-0.05, 0) is 32.0 Å². The monoisotopic (exact) mass is 280 g/mol. The maximum Gasteiger partial charge on any atom is 0.165 e. The third-order valence-corrected chi connectivity index (χ3v) is 3.05. The third-order valence-electron chi connectivity index (χ3n) is 2.36. The zero-order valence-electron chi connectivity index (χ0n) is 9.18. The smallest absolute Gasteiger partial charge is 0.165 e. The first-order valence-electron chi connectivity index (χ1n) is 5.04. The molecule has 0 aliphatic rings. The molecule has 2 rings (SSSR count). The van der Waals surface area contributed by atoms with E-state index in [9.17, 15) is 0 Å². The van der Waals surface area contributed by atoms with Crippen molar-refractivity contribution in [3.8, 4) is 11.4 Å². The van der Waals surface area contributed by atoms with Crippen molar-refractivity contribution in [3.63, 3.8) is 0 Å². The number of halogens is 1. The van der Waals surface area contributed by atoms with Crippen LogP contribution in [0.4, 0.5) is 5.69 Å². The minimum Gasteiger partial charge on any atom is -0.399 e. The molecule has 5 heteroatoms. The first kappa shape index (κ1) is 11.1. The van der Waals surface area contributed by atoms with Crippen LogP contribution in [0.25, 0.3) is 11.4 Å². The molecule has 0 fully saturated rings. The van der Waals surface area contributed by atoms with Gasteiger partial charge in [0.15, 0.2) is 5.82 Å². The highest BCUT2D eigenvalue weighted by molar-refractivity contribution is 9.10. The predicted molar refractivity (Wildman–Crippen MR) is 68.0 cm³/mol. The molecule has 0 spiro atoms. The van der Waals surface area contributed by atoms with Crippen LogP contribution in [-0.2, 0) is 0 Å². The van der Waals surface area contributed by atoms with Gasteiger partial charge in [-0.2, -0.15) is 0 Å². The van der Waals surface area contributed by atoms with Crippen molar-refractivity contribution >= 4 is 21.6 Å². The highest BCUT2D eigenvalue weighted by Gasteiger charge is 2.12. The van der Waals surface area contributed by atoms with Crippen molar-refractivity contribution < 1.29 is 0 Å². The topological polar surface area (TPSA) is 56.7 Å². The van der Waals surface area contributed by atoms with E-state index in [4.69, 9.17) is 5.73 Å². The summed E-state index contributed by atoms with van der Waals surface area (Å²) in [5.74, 6) is 0.828. The molecule has 1 heterocycles. The van der Waals surface area contributed by atoms with Gasteiger partial charge >= 0.3 is 0 Å². The highest BCUT2D eigenvalue weighted by atomic mass is 79.9. The molecular formula is C11H13BrN4. The van der Waals surface area contributed by atoms with Crippen molar-refractivity contribution in [3.05, 3.63) is 29.0 Å². The molecule has 1 aromatic carbocycles. The van der Waals surface area contributed by atoms with Crippen molar-refractivity contribution in [2.45, 2.75) is 19.9 Å². The van der Waals surface area contributed by atoms with E-state index in [-0.39, 0.29) is 0 Å². The SMILES string of the molecule is CC(C)n1cnnc1-c1cc(N)ccc1Br. The van der Waals surface area contributed by atoms with Crippen molar-refractivity contribution in [2.24, 2.45) is 0 Å². The molecule has 0 aliphatic heterocycles. The average Bonchev–Trinajstić information content (AvgIpc) is 2.70. The molecule has 0 saturated heterocycles. The Hall–Kier alpha value is -1.36. The molecule has 0 amide bonds. The predicted octanol–water partition coefficient (Wildman–Crippen LogP) is 2.87. The van der Waals surface area contributed by atoms with Gasteiger partial charge in [-0.1, -0.05) is 15.9 Å². The Kier molecular flexibility index (Phi) is 2.96. The van der Waals surface area contributed by atoms with Gasteiger partial charge in [0, 0.05) is 21.8 Å². The molecule has 0 bridgehead atoms. The lowest BCUT2D eigenvalue weighted by atomic mass is 10.2. The van der Waals surface area contributed by atoms with Gasteiger partial charge < -0.3 is 10.3 Å². The first-order chi connectivity index (χ1) is 7.59.